The first-order valence-electron chi connectivity index (χ1n) is 12.1. The zero-order valence-corrected chi connectivity index (χ0v) is 20.4. The molecule has 5 rings (SSSR count). The Bertz CT molecular complexity index is 1700. The minimum Gasteiger partial charge on any atom is -0.506 e. The highest BCUT2D eigenvalue weighted by Crippen LogP contribution is 2.33. The lowest BCUT2D eigenvalue weighted by atomic mass is 10.0. The second-order valence-corrected chi connectivity index (χ2v) is 8.97. The van der Waals surface area contributed by atoms with Crippen molar-refractivity contribution >= 4 is 38.8 Å². The minimum atomic E-state index is -0.537. The second kappa shape index (κ2) is 10.0. The van der Waals surface area contributed by atoms with E-state index in [1.54, 1.807) is 37.4 Å². The highest BCUT2D eigenvalue weighted by molar-refractivity contribution is 6.09. The van der Waals surface area contributed by atoms with E-state index in [9.17, 15) is 14.7 Å². The molecule has 0 aliphatic heterocycles. The van der Waals surface area contributed by atoms with E-state index in [2.05, 4.69) is 5.32 Å². The van der Waals surface area contributed by atoms with Crippen molar-refractivity contribution in [3.63, 3.8) is 0 Å². The van der Waals surface area contributed by atoms with Gasteiger partial charge in [0.05, 0.1) is 11.6 Å². The number of para-hydroxylation sites is 1. The van der Waals surface area contributed by atoms with E-state index >= 15 is 0 Å². The van der Waals surface area contributed by atoms with Gasteiger partial charge in [0.15, 0.2) is 5.78 Å². The van der Waals surface area contributed by atoms with Gasteiger partial charge in [-0.15, -0.1) is 0 Å². The zero-order chi connectivity index (χ0) is 25.9. The standard InChI is InChI=1S/C31H27N3O3/c1-34-26-18-6-5-14-22(26)30(36)29(31(34)37)27(35)19-9-16-24(20-10-3-2-4-11-20)33-25-17-8-13-21-12-7-15-23(32)28(21)25/h2-15,17-19,24,33,36H,16,32H2,1H3/b19-9+. The van der Waals surface area contributed by atoms with Gasteiger partial charge in [0.2, 0.25) is 0 Å². The molecule has 184 valence electrons. The van der Waals surface area contributed by atoms with Gasteiger partial charge in [0.25, 0.3) is 5.56 Å². The third-order valence-electron chi connectivity index (χ3n) is 6.63. The number of nitrogens with zero attached hydrogens (tertiary/aromatic N) is 1. The number of rotatable bonds is 7. The number of aromatic nitrogens is 1. The predicted octanol–water partition coefficient (Wildman–Crippen LogP) is 5.96. The molecule has 4 aromatic carbocycles. The SMILES string of the molecule is Cn1c(=O)c(C(=O)/C=C/CC(Nc2cccc3cccc(N)c23)c2ccccc2)c(O)c2ccccc21. The highest BCUT2D eigenvalue weighted by Gasteiger charge is 2.19. The number of nitrogens with two attached hydrogens (primary N) is 1. The fourth-order valence-corrected chi connectivity index (χ4v) is 4.74. The van der Waals surface area contributed by atoms with Crippen molar-refractivity contribution in [2.24, 2.45) is 7.05 Å². The van der Waals surface area contributed by atoms with E-state index in [0.29, 0.717) is 23.0 Å². The molecule has 6 heteroatoms. The molecule has 1 aromatic heterocycles. The molecule has 0 bridgehead atoms. The molecular formula is C31H27N3O3. The van der Waals surface area contributed by atoms with E-state index in [1.165, 1.54) is 10.6 Å². The summed E-state index contributed by atoms with van der Waals surface area (Å²) in [5, 5.41) is 16.8. The Morgan fingerprint density at radius 2 is 1.68 bits per heavy atom. The smallest absolute Gasteiger partial charge is 0.265 e. The van der Waals surface area contributed by atoms with Crippen LogP contribution in [0.25, 0.3) is 21.7 Å². The molecular weight excluding hydrogens is 462 g/mol. The number of nitrogens with one attached hydrogen (secondary N) is 1. The van der Waals surface area contributed by atoms with Crippen molar-refractivity contribution in [3.8, 4) is 5.75 Å². The number of allylic oxidation sites excluding steroid dienone is 1. The molecule has 37 heavy (non-hydrogen) atoms. The Balaban J connectivity index is 1.46. The van der Waals surface area contributed by atoms with Crippen molar-refractivity contribution in [2.75, 3.05) is 11.1 Å². The van der Waals surface area contributed by atoms with E-state index in [-0.39, 0.29) is 17.4 Å². The Hall–Kier alpha value is -4.84. The fraction of sp³-hybridized carbons (Fsp3) is 0.0968. The van der Waals surface area contributed by atoms with Crippen LogP contribution >= 0.6 is 0 Å². The summed E-state index contributed by atoms with van der Waals surface area (Å²) in [7, 11) is 1.59. The molecule has 5 aromatic rings. The third kappa shape index (κ3) is 4.57. The number of fused-ring (bicyclic) bond motifs is 2. The minimum absolute atomic E-state index is 0.163. The molecule has 0 radical (unpaired) electrons. The van der Waals surface area contributed by atoms with Crippen LogP contribution in [0.1, 0.15) is 28.4 Å². The van der Waals surface area contributed by atoms with Gasteiger partial charge < -0.3 is 20.7 Å². The third-order valence-corrected chi connectivity index (χ3v) is 6.63. The van der Waals surface area contributed by atoms with Gasteiger partial charge in [-0.3, -0.25) is 9.59 Å². The predicted molar refractivity (Wildman–Crippen MR) is 150 cm³/mol. The topological polar surface area (TPSA) is 97.4 Å². The number of aromatic hydroxyl groups is 1. The first kappa shape index (κ1) is 23.9. The van der Waals surface area contributed by atoms with Gasteiger partial charge in [-0.2, -0.15) is 0 Å². The van der Waals surface area contributed by atoms with Gasteiger partial charge in [-0.05, 0) is 47.7 Å². The van der Waals surface area contributed by atoms with Crippen LogP contribution in [0.5, 0.6) is 5.75 Å². The number of anilines is 2. The largest absolute Gasteiger partial charge is 0.506 e. The first-order chi connectivity index (χ1) is 18.0. The maximum Gasteiger partial charge on any atom is 0.265 e. The van der Waals surface area contributed by atoms with Crippen molar-refractivity contribution in [3.05, 3.63) is 125 Å². The first-order valence-corrected chi connectivity index (χ1v) is 12.1. The monoisotopic (exact) mass is 489 g/mol. The Kier molecular flexibility index (Phi) is 6.47. The molecule has 0 spiro atoms. The van der Waals surface area contributed by atoms with Crippen LogP contribution in [-0.2, 0) is 7.05 Å². The molecule has 0 saturated heterocycles. The maximum atomic E-state index is 13.1. The van der Waals surface area contributed by atoms with Crippen molar-refractivity contribution in [1.29, 1.82) is 0 Å². The van der Waals surface area contributed by atoms with Crippen LogP contribution in [0.4, 0.5) is 11.4 Å². The molecule has 0 amide bonds. The Morgan fingerprint density at radius 3 is 2.46 bits per heavy atom. The van der Waals surface area contributed by atoms with E-state index < -0.39 is 11.3 Å². The molecule has 1 atom stereocenters. The Labute approximate surface area is 214 Å². The van der Waals surface area contributed by atoms with Gasteiger partial charge in [-0.1, -0.05) is 72.8 Å². The summed E-state index contributed by atoms with van der Waals surface area (Å²) < 4.78 is 1.38. The summed E-state index contributed by atoms with van der Waals surface area (Å²) in [6.07, 6.45) is 3.56. The number of hydrogen-bond acceptors (Lipinski definition) is 5. The summed E-state index contributed by atoms with van der Waals surface area (Å²) in [5.41, 5.74) is 8.71. The van der Waals surface area contributed by atoms with Crippen LogP contribution in [0, 0.1) is 0 Å². The number of carbonyl (C=O) groups excluding carboxylic acids is 1. The van der Waals surface area contributed by atoms with Crippen molar-refractivity contribution < 1.29 is 9.90 Å². The number of nitrogen functional groups attached to an aromatic ring is 1. The van der Waals surface area contributed by atoms with Crippen LogP contribution in [0.2, 0.25) is 0 Å². The second-order valence-electron chi connectivity index (χ2n) is 8.97. The van der Waals surface area contributed by atoms with Gasteiger partial charge >= 0.3 is 0 Å². The molecule has 6 nitrogen and oxygen atoms in total. The lowest BCUT2D eigenvalue weighted by molar-refractivity contribution is 0.104. The zero-order valence-electron chi connectivity index (χ0n) is 20.4. The number of carbonyl (C=O) groups is 1. The van der Waals surface area contributed by atoms with Gasteiger partial charge in [-0.25, -0.2) is 0 Å². The number of aryl methyl sites for hydroxylation is 1. The van der Waals surface area contributed by atoms with E-state index in [4.69, 9.17) is 5.73 Å². The van der Waals surface area contributed by atoms with Crippen molar-refractivity contribution in [2.45, 2.75) is 12.5 Å². The molecule has 1 heterocycles. The molecule has 0 fully saturated rings. The van der Waals surface area contributed by atoms with Crippen molar-refractivity contribution in [1.82, 2.24) is 4.57 Å². The van der Waals surface area contributed by atoms with Crippen LogP contribution in [-0.4, -0.2) is 15.5 Å². The number of hydrogen-bond donors (Lipinski definition) is 3. The van der Waals surface area contributed by atoms with Gasteiger partial charge in [0, 0.05) is 29.2 Å². The summed E-state index contributed by atoms with van der Waals surface area (Å²) in [4.78, 5) is 26.0. The highest BCUT2D eigenvalue weighted by atomic mass is 16.3. The molecule has 0 saturated carbocycles. The summed E-state index contributed by atoms with van der Waals surface area (Å²) in [6.45, 7) is 0. The lowest BCUT2D eigenvalue weighted by Gasteiger charge is -2.21. The lowest BCUT2D eigenvalue weighted by Crippen LogP contribution is -2.24. The summed E-state index contributed by atoms with van der Waals surface area (Å²) in [5.74, 6) is -0.831. The summed E-state index contributed by atoms with van der Waals surface area (Å²) in [6, 6.07) is 28.5. The fourth-order valence-electron chi connectivity index (χ4n) is 4.74. The summed E-state index contributed by atoms with van der Waals surface area (Å²) >= 11 is 0. The van der Waals surface area contributed by atoms with Gasteiger partial charge in [0.1, 0.15) is 11.3 Å². The average molecular weight is 490 g/mol. The quantitative estimate of drug-likeness (QED) is 0.149. The Morgan fingerprint density at radius 1 is 0.973 bits per heavy atom. The normalized spacial score (nSPS) is 12.2. The molecule has 1 unspecified atom stereocenters. The number of pyridine rings is 1. The maximum absolute atomic E-state index is 13.1. The number of benzene rings is 4. The van der Waals surface area contributed by atoms with Crippen LogP contribution in [0.15, 0.2) is 108 Å². The number of ketones is 1. The van der Waals surface area contributed by atoms with Crippen LogP contribution in [0.3, 0.4) is 0 Å². The molecule has 0 aliphatic rings. The van der Waals surface area contributed by atoms with Crippen LogP contribution < -0.4 is 16.6 Å². The average Bonchev–Trinajstić information content (AvgIpc) is 2.92. The molecule has 0 aliphatic carbocycles. The molecule has 4 N–H and O–H groups in total. The van der Waals surface area contributed by atoms with E-state index in [1.807, 2.05) is 66.7 Å². The van der Waals surface area contributed by atoms with E-state index in [0.717, 1.165) is 22.0 Å².